The van der Waals surface area contributed by atoms with Crippen LogP contribution in [-0.2, 0) is 14.6 Å². The minimum absolute atomic E-state index is 0.162. The summed E-state index contributed by atoms with van der Waals surface area (Å²) in [6, 6.07) is 12.0. The monoisotopic (exact) mass is 406 g/mol. The number of nitrogens with zero attached hydrogens (tertiary/aromatic N) is 1. The van der Waals surface area contributed by atoms with Crippen molar-refractivity contribution in [1.82, 2.24) is 10.2 Å². The lowest BCUT2D eigenvalue weighted by molar-refractivity contribution is 0.0162. The van der Waals surface area contributed by atoms with Gasteiger partial charge in [-0.25, -0.2) is 12.8 Å². The Morgan fingerprint density at radius 2 is 1.86 bits per heavy atom. The number of hydrogen-bond donors (Lipinski definition) is 1. The van der Waals surface area contributed by atoms with Crippen LogP contribution in [-0.4, -0.2) is 58.3 Å². The first-order chi connectivity index (χ1) is 13.3. The fraction of sp³-hybridized carbons (Fsp3) is 0.350. The molecule has 1 atom stereocenters. The van der Waals surface area contributed by atoms with Gasteiger partial charge in [0.05, 0.1) is 24.2 Å². The first-order valence-corrected chi connectivity index (χ1v) is 10.9. The number of carbonyl (C=O) groups is 1. The first-order valence-electron chi connectivity index (χ1n) is 9.00. The highest BCUT2D eigenvalue weighted by Gasteiger charge is 2.24. The van der Waals surface area contributed by atoms with Crippen molar-refractivity contribution in [2.24, 2.45) is 0 Å². The van der Waals surface area contributed by atoms with Gasteiger partial charge >= 0.3 is 0 Å². The zero-order valence-electron chi connectivity index (χ0n) is 15.6. The summed E-state index contributed by atoms with van der Waals surface area (Å²) >= 11 is 0. The summed E-state index contributed by atoms with van der Waals surface area (Å²) in [7, 11) is -3.31. The summed E-state index contributed by atoms with van der Waals surface area (Å²) in [5.41, 5.74) is 1.15. The molecule has 1 saturated heterocycles. The average Bonchev–Trinajstić information content (AvgIpc) is 2.68. The second-order valence-electron chi connectivity index (χ2n) is 6.73. The first kappa shape index (κ1) is 20.4. The van der Waals surface area contributed by atoms with Crippen molar-refractivity contribution in [2.75, 3.05) is 39.1 Å². The van der Waals surface area contributed by atoms with Crippen molar-refractivity contribution in [3.63, 3.8) is 0 Å². The topological polar surface area (TPSA) is 75.7 Å². The minimum atomic E-state index is -3.31. The van der Waals surface area contributed by atoms with Crippen LogP contribution in [0, 0.1) is 5.82 Å². The van der Waals surface area contributed by atoms with Gasteiger partial charge in [0, 0.05) is 31.5 Å². The number of ether oxygens (including phenoxy) is 1. The van der Waals surface area contributed by atoms with Crippen LogP contribution in [0.1, 0.15) is 22.0 Å². The molecule has 1 N–H and O–H groups in total. The zero-order valence-corrected chi connectivity index (χ0v) is 16.4. The van der Waals surface area contributed by atoms with Crippen molar-refractivity contribution >= 4 is 15.7 Å². The molecule has 1 amide bonds. The minimum Gasteiger partial charge on any atom is -0.379 e. The van der Waals surface area contributed by atoms with Crippen molar-refractivity contribution < 1.29 is 22.3 Å². The Balaban J connectivity index is 1.73. The maximum Gasteiger partial charge on any atom is 0.251 e. The Bertz CT molecular complexity index is 925. The number of rotatable bonds is 6. The van der Waals surface area contributed by atoms with Crippen LogP contribution in [0.25, 0.3) is 0 Å². The van der Waals surface area contributed by atoms with Crippen molar-refractivity contribution in [2.45, 2.75) is 10.9 Å². The molecule has 0 spiro atoms. The number of carbonyl (C=O) groups excluding carboxylic acids is 1. The molecule has 3 rings (SSSR count). The molecule has 0 saturated carbocycles. The number of nitrogens with one attached hydrogen (secondary N) is 1. The van der Waals surface area contributed by atoms with Gasteiger partial charge in [-0.05, 0) is 42.0 Å². The molecule has 1 fully saturated rings. The number of morpholine rings is 1. The molecule has 8 heteroatoms. The molecule has 1 unspecified atom stereocenters. The lowest BCUT2D eigenvalue weighted by atomic mass is 10.0. The smallest absolute Gasteiger partial charge is 0.251 e. The maximum absolute atomic E-state index is 13.7. The Labute approximate surface area is 164 Å². The number of halogens is 1. The molecule has 0 radical (unpaired) electrons. The predicted molar refractivity (Wildman–Crippen MR) is 103 cm³/mol. The molecular formula is C20H23FN2O4S. The van der Waals surface area contributed by atoms with Gasteiger partial charge in [-0.3, -0.25) is 9.69 Å². The third-order valence-electron chi connectivity index (χ3n) is 4.72. The highest BCUT2D eigenvalue weighted by molar-refractivity contribution is 7.90. The fourth-order valence-electron chi connectivity index (χ4n) is 3.21. The molecule has 1 heterocycles. The third-order valence-corrected chi connectivity index (χ3v) is 5.85. The van der Waals surface area contributed by atoms with E-state index in [1.807, 2.05) is 6.07 Å². The number of benzene rings is 2. The second kappa shape index (κ2) is 8.81. The van der Waals surface area contributed by atoms with Gasteiger partial charge in [-0.2, -0.15) is 0 Å². The molecular weight excluding hydrogens is 383 g/mol. The Morgan fingerprint density at radius 3 is 2.46 bits per heavy atom. The maximum atomic E-state index is 13.7. The van der Waals surface area contributed by atoms with Crippen molar-refractivity contribution in [1.29, 1.82) is 0 Å². The normalized spacial score (nSPS) is 16.5. The van der Waals surface area contributed by atoms with Gasteiger partial charge in [0.1, 0.15) is 5.82 Å². The van der Waals surface area contributed by atoms with E-state index in [0.29, 0.717) is 38.4 Å². The van der Waals surface area contributed by atoms with Gasteiger partial charge in [-0.1, -0.05) is 12.1 Å². The second-order valence-corrected chi connectivity index (χ2v) is 8.74. The summed E-state index contributed by atoms with van der Waals surface area (Å²) in [4.78, 5) is 14.8. The molecule has 1 aliphatic rings. The van der Waals surface area contributed by atoms with Crippen LogP contribution in [0.15, 0.2) is 53.4 Å². The lowest BCUT2D eigenvalue weighted by Crippen LogP contribution is -2.43. The van der Waals surface area contributed by atoms with Crippen LogP contribution in [0.2, 0.25) is 0 Å². The summed E-state index contributed by atoms with van der Waals surface area (Å²) in [6.45, 7) is 2.87. The van der Waals surface area contributed by atoms with E-state index >= 15 is 0 Å². The molecule has 0 aromatic heterocycles. The summed E-state index contributed by atoms with van der Waals surface area (Å²) in [5, 5.41) is 2.88. The molecule has 0 bridgehead atoms. The molecule has 0 aliphatic carbocycles. The summed E-state index contributed by atoms with van der Waals surface area (Å²) in [6.07, 6.45) is 1.12. The standard InChI is InChI=1S/C20H23FN2O4S/c1-28(25,26)18-7-5-15(6-8-18)20(24)22-14-19(23-9-11-27-12-10-23)16-3-2-4-17(21)13-16/h2-8,13,19H,9-12,14H2,1H3,(H,22,24). The summed E-state index contributed by atoms with van der Waals surface area (Å²) in [5.74, 6) is -0.631. The molecule has 150 valence electrons. The van der Waals surface area contributed by atoms with E-state index in [0.717, 1.165) is 11.8 Å². The quantitative estimate of drug-likeness (QED) is 0.795. The Morgan fingerprint density at radius 1 is 1.18 bits per heavy atom. The average molecular weight is 406 g/mol. The fourth-order valence-corrected chi connectivity index (χ4v) is 3.84. The lowest BCUT2D eigenvalue weighted by Gasteiger charge is -2.35. The molecule has 2 aromatic carbocycles. The zero-order chi connectivity index (χ0) is 20.1. The largest absolute Gasteiger partial charge is 0.379 e. The van der Waals surface area contributed by atoms with E-state index in [1.54, 1.807) is 6.07 Å². The molecule has 28 heavy (non-hydrogen) atoms. The van der Waals surface area contributed by atoms with Crippen LogP contribution < -0.4 is 5.32 Å². The van der Waals surface area contributed by atoms with Crippen molar-refractivity contribution in [3.05, 3.63) is 65.5 Å². The van der Waals surface area contributed by atoms with E-state index in [9.17, 15) is 17.6 Å². The van der Waals surface area contributed by atoms with Gasteiger partial charge in [-0.15, -0.1) is 0 Å². The molecule has 1 aliphatic heterocycles. The van der Waals surface area contributed by atoms with Crippen LogP contribution >= 0.6 is 0 Å². The van der Waals surface area contributed by atoms with Crippen molar-refractivity contribution in [3.8, 4) is 0 Å². The predicted octanol–water partition coefficient (Wildman–Crippen LogP) is 2.03. The highest BCUT2D eigenvalue weighted by atomic mass is 32.2. The third kappa shape index (κ3) is 5.15. The van der Waals surface area contributed by atoms with E-state index in [-0.39, 0.29) is 22.7 Å². The van der Waals surface area contributed by atoms with E-state index in [4.69, 9.17) is 4.74 Å². The highest BCUT2D eigenvalue weighted by Crippen LogP contribution is 2.22. The number of amides is 1. The number of sulfone groups is 1. The van der Waals surface area contributed by atoms with Gasteiger partial charge < -0.3 is 10.1 Å². The molecule has 2 aromatic rings. The Hall–Kier alpha value is -2.29. The van der Waals surface area contributed by atoms with Gasteiger partial charge in [0.2, 0.25) is 0 Å². The van der Waals surface area contributed by atoms with Crippen LogP contribution in [0.3, 0.4) is 0 Å². The number of hydrogen-bond acceptors (Lipinski definition) is 5. The van der Waals surface area contributed by atoms with Gasteiger partial charge in [0.15, 0.2) is 9.84 Å². The van der Waals surface area contributed by atoms with E-state index in [2.05, 4.69) is 10.2 Å². The molecule has 6 nitrogen and oxygen atoms in total. The SMILES string of the molecule is CS(=O)(=O)c1ccc(C(=O)NCC(c2cccc(F)c2)N2CCOCC2)cc1. The van der Waals surface area contributed by atoms with Crippen LogP contribution in [0.4, 0.5) is 4.39 Å². The summed E-state index contributed by atoms with van der Waals surface area (Å²) < 4.78 is 42.2. The van der Waals surface area contributed by atoms with E-state index in [1.165, 1.54) is 36.4 Å². The van der Waals surface area contributed by atoms with Crippen LogP contribution in [0.5, 0.6) is 0 Å². The van der Waals surface area contributed by atoms with Gasteiger partial charge in [0.25, 0.3) is 5.91 Å². The Kier molecular flexibility index (Phi) is 6.43. The van der Waals surface area contributed by atoms with E-state index < -0.39 is 9.84 Å².